The molecule has 1 heterocycles. The molecule has 0 N–H and O–H groups in total. The van der Waals surface area contributed by atoms with Gasteiger partial charge in [0, 0.05) is 4.88 Å². The molecular weight excluding hydrogens is 256 g/mol. The lowest BCUT2D eigenvalue weighted by Gasteiger charge is -2.13. The summed E-state index contributed by atoms with van der Waals surface area (Å²) < 4.78 is 5.73. The van der Waals surface area contributed by atoms with E-state index in [-0.39, 0.29) is 12.4 Å². The first-order chi connectivity index (χ1) is 8.99. The van der Waals surface area contributed by atoms with Gasteiger partial charge < -0.3 is 4.74 Å². The third-order valence-electron chi connectivity index (χ3n) is 3.24. The van der Waals surface area contributed by atoms with Crippen LogP contribution in [0.25, 0.3) is 0 Å². The molecule has 2 rings (SSSR count). The molecule has 0 saturated carbocycles. The third kappa shape index (κ3) is 3.04. The average molecular weight is 274 g/mol. The maximum atomic E-state index is 12.0. The second-order valence-electron chi connectivity index (χ2n) is 4.78. The van der Waals surface area contributed by atoms with Gasteiger partial charge in [0.05, 0.1) is 4.88 Å². The van der Waals surface area contributed by atoms with Crippen molar-refractivity contribution in [1.82, 2.24) is 0 Å². The number of hydrogen-bond acceptors (Lipinski definition) is 3. The van der Waals surface area contributed by atoms with Crippen LogP contribution < -0.4 is 4.74 Å². The summed E-state index contributed by atoms with van der Waals surface area (Å²) in [7, 11) is 0. The lowest BCUT2D eigenvalue weighted by Crippen LogP contribution is -2.11. The van der Waals surface area contributed by atoms with Gasteiger partial charge in [-0.1, -0.05) is 12.1 Å². The fourth-order valence-electron chi connectivity index (χ4n) is 1.94. The van der Waals surface area contributed by atoms with E-state index in [1.54, 1.807) is 0 Å². The van der Waals surface area contributed by atoms with Crippen molar-refractivity contribution in [1.29, 1.82) is 0 Å². The molecule has 1 aromatic carbocycles. The van der Waals surface area contributed by atoms with Crippen LogP contribution in [-0.4, -0.2) is 12.4 Å². The van der Waals surface area contributed by atoms with Gasteiger partial charge in [-0.05, 0) is 56.5 Å². The van der Waals surface area contributed by atoms with Gasteiger partial charge in [-0.3, -0.25) is 4.79 Å². The number of benzene rings is 1. The van der Waals surface area contributed by atoms with Gasteiger partial charge in [-0.2, -0.15) is 0 Å². The molecule has 0 bridgehead atoms. The van der Waals surface area contributed by atoms with Crippen molar-refractivity contribution in [3.63, 3.8) is 0 Å². The maximum Gasteiger partial charge on any atom is 0.210 e. The quantitative estimate of drug-likeness (QED) is 0.779. The first kappa shape index (κ1) is 13.8. The number of ether oxygens (including phenoxy) is 1. The van der Waals surface area contributed by atoms with Crippen LogP contribution in [0.1, 0.15) is 31.2 Å². The Bertz CT molecular complexity index is 611. The molecule has 0 radical (unpaired) electrons. The van der Waals surface area contributed by atoms with Gasteiger partial charge in [0.1, 0.15) is 5.75 Å². The molecule has 0 unspecified atom stereocenters. The van der Waals surface area contributed by atoms with Crippen molar-refractivity contribution < 1.29 is 9.53 Å². The fourth-order valence-corrected chi connectivity index (χ4v) is 2.73. The Morgan fingerprint density at radius 1 is 1.05 bits per heavy atom. The predicted molar refractivity (Wildman–Crippen MR) is 79.5 cm³/mol. The highest BCUT2D eigenvalue weighted by atomic mass is 32.1. The largest absolute Gasteiger partial charge is 0.485 e. The number of hydrogen-bond donors (Lipinski definition) is 0. The summed E-state index contributed by atoms with van der Waals surface area (Å²) in [4.78, 5) is 13.9. The molecule has 0 aliphatic heterocycles. The van der Waals surface area contributed by atoms with Gasteiger partial charge in [-0.15, -0.1) is 11.3 Å². The SMILES string of the molecule is Cc1ccc(C(=O)COc2c(C)ccc(C)c2C)s1. The summed E-state index contributed by atoms with van der Waals surface area (Å²) in [6, 6.07) is 7.92. The Labute approximate surface area is 118 Å². The summed E-state index contributed by atoms with van der Waals surface area (Å²) in [5.41, 5.74) is 3.36. The first-order valence-corrected chi connectivity index (χ1v) is 7.10. The van der Waals surface area contributed by atoms with Crippen molar-refractivity contribution in [2.24, 2.45) is 0 Å². The molecule has 0 spiro atoms. The summed E-state index contributed by atoms with van der Waals surface area (Å²) in [6.07, 6.45) is 0. The molecule has 2 aromatic rings. The molecule has 100 valence electrons. The number of carbonyl (C=O) groups excluding carboxylic acids is 1. The van der Waals surface area contributed by atoms with Gasteiger partial charge in [0.25, 0.3) is 0 Å². The summed E-state index contributed by atoms with van der Waals surface area (Å²) in [5, 5.41) is 0. The highest BCUT2D eigenvalue weighted by Gasteiger charge is 2.12. The number of ketones is 1. The number of thiophene rings is 1. The number of rotatable bonds is 4. The zero-order valence-electron chi connectivity index (χ0n) is 11.7. The molecule has 0 atom stereocenters. The molecule has 2 nitrogen and oxygen atoms in total. The Kier molecular flexibility index (Phi) is 4.05. The molecule has 0 fully saturated rings. The van der Waals surface area contributed by atoms with Crippen molar-refractivity contribution in [2.75, 3.05) is 6.61 Å². The first-order valence-electron chi connectivity index (χ1n) is 6.28. The van der Waals surface area contributed by atoms with Gasteiger partial charge in [0.2, 0.25) is 5.78 Å². The normalized spacial score (nSPS) is 10.5. The van der Waals surface area contributed by atoms with Gasteiger partial charge in [0.15, 0.2) is 6.61 Å². The van der Waals surface area contributed by atoms with Crippen LogP contribution in [0.15, 0.2) is 24.3 Å². The molecule has 0 aliphatic rings. The molecule has 0 aliphatic carbocycles. The monoisotopic (exact) mass is 274 g/mol. The summed E-state index contributed by atoms with van der Waals surface area (Å²) in [6.45, 7) is 8.17. The van der Waals surface area contributed by atoms with E-state index >= 15 is 0 Å². The van der Waals surface area contributed by atoms with Crippen molar-refractivity contribution in [3.8, 4) is 5.75 Å². The van der Waals surface area contributed by atoms with Crippen molar-refractivity contribution >= 4 is 17.1 Å². The van der Waals surface area contributed by atoms with Crippen LogP contribution in [0.2, 0.25) is 0 Å². The minimum atomic E-state index is 0.0402. The standard InChI is InChI=1S/C16H18O2S/c1-10-5-6-11(2)16(13(10)4)18-9-14(17)15-8-7-12(3)19-15/h5-8H,9H2,1-4H3. The van der Waals surface area contributed by atoms with Crippen LogP contribution >= 0.6 is 11.3 Å². The van der Waals surface area contributed by atoms with Crippen LogP contribution in [-0.2, 0) is 0 Å². The summed E-state index contributed by atoms with van der Waals surface area (Å²) >= 11 is 1.51. The maximum absolute atomic E-state index is 12.0. The predicted octanol–water partition coefficient (Wildman–Crippen LogP) is 4.24. The number of aryl methyl sites for hydroxylation is 3. The molecule has 0 amide bonds. The smallest absolute Gasteiger partial charge is 0.210 e. The van der Waals surface area contributed by atoms with Crippen LogP contribution in [0.3, 0.4) is 0 Å². The minimum Gasteiger partial charge on any atom is -0.485 e. The molecular formula is C16H18O2S. The van der Waals surface area contributed by atoms with Crippen LogP contribution in [0.5, 0.6) is 5.75 Å². The van der Waals surface area contributed by atoms with E-state index in [1.165, 1.54) is 16.9 Å². The Balaban J connectivity index is 2.11. The van der Waals surface area contributed by atoms with E-state index < -0.39 is 0 Å². The van der Waals surface area contributed by atoms with Crippen LogP contribution in [0, 0.1) is 27.7 Å². The van der Waals surface area contributed by atoms with Crippen molar-refractivity contribution in [3.05, 3.63) is 50.7 Å². The van der Waals surface area contributed by atoms with Gasteiger partial charge >= 0.3 is 0 Å². The Hall–Kier alpha value is -1.61. The zero-order chi connectivity index (χ0) is 14.0. The second-order valence-corrected chi connectivity index (χ2v) is 6.06. The average Bonchev–Trinajstić information content (AvgIpc) is 2.80. The third-order valence-corrected chi connectivity index (χ3v) is 4.28. The minimum absolute atomic E-state index is 0.0402. The second kappa shape index (κ2) is 5.57. The van der Waals surface area contributed by atoms with E-state index in [2.05, 4.69) is 6.07 Å². The lowest BCUT2D eigenvalue weighted by molar-refractivity contribution is 0.0924. The summed E-state index contributed by atoms with van der Waals surface area (Å²) in [5.74, 6) is 0.875. The Morgan fingerprint density at radius 2 is 1.74 bits per heavy atom. The van der Waals surface area contributed by atoms with E-state index in [9.17, 15) is 4.79 Å². The molecule has 3 heteroatoms. The highest BCUT2D eigenvalue weighted by Crippen LogP contribution is 2.26. The molecule has 0 saturated heterocycles. The molecule has 1 aromatic heterocycles. The number of carbonyl (C=O) groups is 1. The van der Waals surface area contributed by atoms with E-state index in [0.717, 1.165) is 26.6 Å². The Morgan fingerprint density at radius 3 is 2.37 bits per heavy atom. The van der Waals surface area contributed by atoms with E-state index in [4.69, 9.17) is 4.74 Å². The zero-order valence-corrected chi connectivity index (χ0v) is 12.6. The highest BCUT2D eigenvalue weighted by molar-refractivity contribution is 7.14. The lowest BCUT2D eigenvalue weighted by atomic mass is 10.1. The van der Waals surface area contributed by atoms with Crippen molar-refractivity contribution in [2.45, 2.75) is 27.7 Å². The molecule has 19 heavy (non-hydrogen) atoms. The number of Topliss-reactive ketones (excluding diaryl/α,β-unsaturated/α-hetero) is 1. The fraction of sp³-hybridized carbons (Fsp3) is 0.312. The van der Waals surface area contributed by atoms with Gasteiger partial charge in [-0.25, -0.2) is 0 Å². The van der Waals surface area contributed by atoms with E-state index in [0.29, 0.717) is 0 Å². The van der Waals surface area contributed by atoms with E-state index in [1.807, 2.05) is 45.9 Å². The topological polar surface area (TPSA) is 26.3 Å². The van der Waals surface area contributed by atoms with Crippen LogP contribution in [0.4, 0.5) is 0 Å².